The molecule has 0 amide bonds. The van der Waals surface area contributed by atoms with Gasteiger partial charge >= 0.3 is 0 Å². The molecule has 0 bridgehead atoms. The lowest BCUT2D eigenvalue weighted by atomic mass is 10.1. The second kappa shape index (κ2) is 4.80. The van der Waals surface area contributed by atoms with Crippen molar-refractivity contribution < 1.29 is 5.11 Å². The summed E-state index contributed by atoms with van der Waals surface area (Å²) in [5.74, 6) is 0.367. The van der Waals surface area contributed by atoms with Crippen molar-refractivity contribution in [2.75, 3.05) is 13.6 Å². The summed E-state index contributed by atoms with van der Waals surface area (Å²) in [5.41, 5.74) is 2.19. The molecule has 1 aromatic carbocycles. The maximum Gasteiger partial charge on any atom is 0.125 e. The van der Waals surface area contributed by atoms with E-state index in [4.69, 9.17) is 0 Å². The van der Waals surface area contributed by atoms with Crippen LogP contribution in [0.15, 0.2) is 24.4 Å². The van der Waals surface area contributed by atoms with Gasteiger partial charge in [-0.2, -0.15) is 0 Å². The highest BCUT2D eigenvalue weighted by molar-refractivity contribution is 5.88. The number of rotatable bonds is 4. The number of nitrogens with zero attached hydrogens (tertiary/aromatic N) is 1. The van der Waals surface area contributed by atoms with Crippen LogP contribution in [-0.2, 0) is 6.42 Å². The Bertz CT molecular complexity index is 502. The zero-order chi connectivity index (χ0) is 12.4. The Morgan fingerprint density at radius 3 is 2.82 bits per heavy atom. The van der Waals surface area contributed by atoms with Crippen LogP contribution in [0, 0.1) is 0 Å². The average molecular weight is 232 g/mol. The fraction of sp³-hybridized carbons (Fsp3) is 0.429. The summed E-state index contributed by atoms with van der Waals surface area (Å²) in [7, 11) is 2.12. The van der Waals surface area contributed by atoms with Crippen molar-refractivity contribution in [2.45, 2.75) is 26.3 Å². The molecule has 0 aliphatic carbocycles. The fourth-order valence-corrected chi connectivity index (χ4v) is 1.99. The Hall–Kier alpha value is -1.48. The zero-order valence-corrected chi connectivity index (χ0v) is 10.7. The normalized spacial score (nSPS) is 11.8. The minimum atomic E-state index is 0.367. The lowest BCUT2D eigenvalue weighted by Crippen LogP contribution is -2.28. The van der Waals surface area contributed by atoms with E-state index in [9.17, 15) is 5.11 Å². The molecule has 92 valence electrons. The molecule has 1 heterocycles. The number of fused-ring (bicyclic) bond motifs is 1. The average Bonchev–Trinajstić information content (AvgIpc) is 2.70. The molecule has 0 spiro atoms. The summed E-state index contributed by atoms with van der Waals surface area (Å²) < 4.78 is 0. The van der Waals surface area contributed by atoms with E-state index < -0.39 is 0 Å². The van der Waals surface area contributed by atoms with Gasteiger partial charge in [-0.15, -0.1) is 0 Å². The molecule has 2 aromatic rings. The Morgan fingerprint density at radius 1 is 1.35 bits per heavy atom. The van der Waals surface area contributed by atoms with Crippen LogP contribution in [0.4, 0.5) is 0 Å². The maximum atomic E-state index is 9.88. The maximum absolute atomic E-state index is 9.88. The van der Waals surface area contributed by atoms with Gasteiger partial charge in [0.2, 0.25) is 0 Å². The van der Waals surface area contributed by atoms with Crippen LogP contribution in [0.1, 0.15) is 19.4 Å². The fourth-order valence-electron chi connectivity index (χ4n) is 1.99. The van der Waals surface area contributed by atoms with Crippen LogP contribution in [0.5, 0.6) is 5.75 Å². The second-order valence-electron chi connectivity index (χ2n) is 4.84. The van der Waals surface area contributed by atoms with E-state index >= 15 is 0 Å². The first-order chi connectivity index (χ1) is 8.09. The Morgan fingerprint density at radius 2 is 2.12 bits per heavy atom. The van der Waals surface area contributed by atoms with Crippen molar-refractivity contribution >= 4 is 10.9 Å². The van der Waals surface area contributed by atoms with Gasteiger partial charge in [-0.1, -0.05) is 6.07 Å². The number of phenols is 1. The summed E-state index contributed by atoms with van der Waals surface area (Å²) >= 11 is 0. The first-order valence-corrected chi connectivity index (χ1v) is 6.07. The van der Waals surface area contributed by atoms with E-state index in [2.05, 4.69) is 30.8 Å². The molecule has 0 saturated carbocycles. The summed E-state index contributed by atoms with van der Waals surface area (Å²) in [6, 6.07) is 6.14. The number of likely N-dealkylation sites (N-methyl/N-ethyl adjacent to an activating group) is 1. The highest BCUT2D eigenvalue weighted by Gasteiger charge is 2.09. The predicted octanol–water partition coefficient (Wildman–Crippen LogP) is 2.76. The van der Waals surface area contributed by atoms with E-state index in [1.54, 1.807) is 6.07 Å². The monoisotopic (exact) mass is 232 g/mol. The van der Waals surface area contributed by atoms with Gasteiger partial charge in [-0.25, -0.2) is 0 Å². The number of aromatic amines is 1. The Balaban J connectivity index is 2.19. The number of hydrogen-bond donors (Lipinski definition) is 2. The number of nitrogens with one attached hydrogen (secondary N) is 1. The second-order valence-corrected chi connectivity index (χ2v) is 4.84. The molecule has 1 aromatic heterocycles. The summed E-state index contributed by atoms with van der Waals surface area (Å²) in [6.07, 6.45) is 2.95. The third kappa shape index (κ3) is 2.44. The van der Waals surface area contributed by atoms with Crippen molar-refractivity contribution in [3.8, 4) is 5.75 Å². The predicted molar refractivity (Wildman–Crippen MR) is 71.4 cm³/mol. The number of hydrogen-bond acceptors (Lipinski definition) is 2. The van der Waals surface area contributed by atoms with Crippen LogP contribution in [0.25, 0.3) is 10.9 Å². The van der Waals surface area contributed by atoms with Crippen LogP contribution < -0.4 is 0 Å². The highest BCUT2D eigenvalue weighted by Crippen LogP contribution is 2.27. The van der Waals surface area contributed by atoms with Crippen molar-refractivity contribution in [3.63, 3.8) is 0 Å². The van der Waals surface area contributed by atoms with Gasteiger partial charge in [0.15, 0.2) is 0 Å². The van der Waals surface area contributed by atoms with Crippen molar-refractivity contribution in [1.82, 2.24) is 9.88 Å². The molecule has 3 heteroatoms. The molecule has 0 aliphatic heterocycles. The van der Waals surface area contributed by atoms with Gasteiger partial charge in [-0.05, 0) is 45.0 Å². The van der Waals surface area contributed by atoms with Crippen molar-refractivity contribution in [3.05, 3.63) is 30.0 Å². The number of benzene rings is 1. The van der Waals surface area contributed by atoms with E-state index in [1.165, 1.54) is 5.56 Å². The van der Waals surface area contributed by atoms with Crippen LogP contribution in [-0.4, -0.2) is 34.6 Å². The van der Waals surface area contributed by atoms with E-state index in [-0.39, 0.29) is 0 Å². The number of phenolic OH excluding ortho intramolecular Hbond substituents is 1. The van der Waals surface area contributed by atoms with Gasteiger partial charge in [0.25, 0.3) is 0 Å². The molecule has 0 aliphatic rings. The van der Waals surface area contributed by atoms with Gasteiger partial charge in [0, 0.05) is 29.7 Å². The van der Waals surface area contributed by atoms with Crippen molar-refractivity contribution in [2.24, 2.45) is 0 Å². The molecule has 0 saturated heterocycles. The molecule has 3 nitrogen and oxygen atoms in total. The highest BCUT2D eigenvalue weighted by atomic mass is 16.3. The lowest BCUT2D eigenvalue weighted by Gasteiger charge is -2.20. The number of aromatic nitrogens is 1. The van der Waals surface area contributed by atoms with Gasteiger partial charge < -0.3 is 15.0 Å². The summed E-state index contributed by atoms with van der Waals surface area (Å²) in [4.78, 5) is 5.51. The SMILES string of the molecule is CC(C)N(C)CCc1c[nH]c2cccc(O)c12. The largest absolute Gasteiger partial charge is 0.507 e. The molecule has 0 atom stereocenters. The lowest BCUT2D eigenvalue weighted by molar-refractivity contribution is 0.278. The minimum absolute atomic E-state index is 0.367. The van der Waals surface area contributed by atoms with Crippen LogP contribution in [0.3, 0.4) is 0 Å². The third-order valence-corrected chi connectivity index (χ3v) is 3.38. The Kier molecular flexibility index (Phi) is 3.38. The first kappa shape index (κ1) is 12.0. The van der Waals surface area contributed by atoms with E-state index in [0.29, 0.717) is 11.8 Å². The Labute approximate surface area is 102 Å². The molecule has 2 rings (SSSR count). The van der Waals surface area contributed by atoms with Crippen molar-refractivity contribution in [1.29, 1.82) is 0 Å². The van der Waals surface area contributed by atoms with Crippen LogP contribution in [0.2, 0.25) is 0 Å². The molecule has 17 heavy (non-hydrogen) atoms. The molecule has 0 unspecified atom stereocenters. The zero-order valence-electron chi connectivity index (χ0n) is 10.7. The standard InChI is InChI=1S/C14H20N2O/c1-10(2)16(3)8-7-11-9-15-12-5-4-6-13(17)14(11)12/h4-6,9-10,15,17H,7-8H2,1-3H3. The first-order valence-electron chi connectivity index (χ1n) is 6.07. The molecular formula is C14H20N2O. The number of H-pyrrole nitrogens is 1. The summed E-state index contributed by atoms with van der Waals surface area (Å²) in [5, 5.41) is 10.8. The van der Waals surface area contributed by atoms with Gasteiger partial charge in [0.1, 0.15) is 5.75 Å². The molecule has 0 radical (unpaired) electrons. The minimum Gasteiger partial charge on any atom is -0.507 e. The smallest absolute Gasteiger partial charge is 0.125 e. The summed E-state index contributed by atoms with van der Waals surface area (Å²) in [6.45, 7) is 5.37. The molecule has 2 N–H and O–H groups in total. The van der Waals surface area contributed by atoms with E-state index in [0.717, 1.165) is 23.9 Å². The van der Waals surface area contributed by atoms with Crippen LogP contribution >= 0.6 is 0 Å². The third-order valence-electron chi connectivity index (χ3n) is 3.38. The molecular weight excluding hydrogens is 212 g/mol. The van der Waals surface area contributed by atoms with E-state index in [1.807, 2.05) is 18.3 Å². The topological polar surface area (TPSA) is 39.3 Å². The number of aromatic hydroxyl groups is 1. The quantitative estimate of drug-likeness (QED) is 0.850. The molecule has 0 fully saturated rings. The van der Waals surface area contributed by atoms with Gasteiger partial charge in [0.05, 0.1) is 0 Å². The van der Waals surface area contributed by atoms with Gasteiger partial charge in [-0.3, -0.25) is 0 Å².